The molecule has 1 aliphatic carbocycles. The maximum Gasteiger partial charge on any atom is 0.185 e. The Hall–Kier alpha value is -0.900. The van der Waals surface area contributed by atoms with Gasteiger partial charge in [-0.05, 0) is 37.9 Å². The van der Waals surface area contributed by atoms with Crippen molar-refractivity contribution >= 4 is 17.4 Å². The van der Waals surface area contributed by atoms with Crippen molar-refractivity contribution in [2.45, 2.75) is 30.9 Å². The normalized spacial score (nSPS) is 29.4. The molecule has 2 rings (SSSR count). The molecule has 1 aromatic carbocycles. The minimum atomic E-state index is -0.896. The summed E-state index contributed by atoms with van der Waals surface area (Å²) in [4.78, 5) is 12.3. The standard InChI is InChI=1S/C13H16ClNO2/c1-15-13(8-4-7-11(16)12(13)17)9-5-2-3-6-10(9)14/h2-3,5-6,11,15-16H,4,7-8H2,1H3/t11-,13-/m1/s1. The molecule has 0 aromatic heterocycles. The first kappa shape index (κ1) is 12.6. The van der Waals surface area contributed by atoms with Crippen molar-refractivity contribution in [1.82, 2.24) is 5.32 Å². The van der Waals surface area contributed by atoms with Gasteiger partial charge in [-0.15, -0.1) is 0 Å². The van der Waals surface area contributed by atoms with Gasteiger partial charge in [-0.25, -0.2) is 0 Å². The molecule has 3 nitrogen and oxygen atoms in total. The molecule has 1 aliphatic rings. The minimum Gasteiger partial charge on any atom is -0.385 e. The van der Waals surface area contributed by atoms with E-state index < -0.39 is 11.6 Å². The van der Waals surface area contributed by atoms with Crippen molar-refractivity contribution in [3.8, 4) is 0 Å². The molecule has 0 aliphatic heterocycles. The van der Waals surface area contributed by atoms with E-state index in [0.29, 0.717) is 17.9 Å². The van der Waals surface area contributed by atoms with Crippen LogP contribution >= 0.6 is 11.6 Å². The van der Waals surface area contributed by atoms with Crippen molar-refractivity contribution in [1.29, 1.82) is 0 Å². The van der Waals surface area contributed by atoms with E-state index in [2.05, 4.69) is 5.32 Å². The number of carbonyl (C=O) groups is 1. The van der Waals surface area contributed by atoms with E-state index in [0.717, 1.165) is 12.0 Å². The largest absolute Gasteiger partial charge is 0.385 e. The number of rotatable bonds is 2. The van der Waals surface area contributed by atoms with Crippen molar-refractivity contribution < 1.29 is 9.90 Å². The van der Waals surface area contributed by atoms with Crippen LogP contribution in [-0.4, -0.2) is 24.0 Å². The molecule has 2 atom stereocenters. The van der Waals surface area contributed by atoms with E-state index in [9.17, 15) is 9.90 Å². The van der Waals surface area contributed by atoms with Gasteiger partial charge in [0.2, 0.25) is 0 Å². The summed E-state index contributed by atoms with van der Waals surface area (Å²) < 4.78 is 0. The predicted octanol–water partition coefficient (Wildman–Crippen LogP) is 1.87. The fourth-order valence-electron chi connectivity index (χ4n) is 2.56. The fourth-order valence-corrected chi connectivity index (χ4v) is 2.85. The summed E-state index contributed by atoms with van der Waals surface area (Å²) >= 11 is 6.17. The lowest BCUT2D eigenvalue weighted by atomic mass is 9.74. The summed E-state index contributed by atoms with van der Waals surface area (Å²) in [5.74, 6) is -0.181. The first-order valence-electron chi connectivity index (χ1n) is 5.78. The molecular formula is C13H16ClNO2. The summed E-state index contributed by atoms with van der Waals surface area (Å²) in [5, 5.41) is 13.4. The van der Waals surface area contributed by atoms with Crippen LogP contribution in [0.2, 0.25) is 5.02 Å². The molecule has 0 saturated heterocycles. The Morgan fingerprint density at radius 1 is 1.47 bits per heavy atom. The lowest BCUT2D eigenvalue weighted by molar-refractivity contribution is -0.137. The highest BCUT2D eigenvalue weighted by Crippen LogP contribution is 2.37. The molecule has 92 valence electrons. The van der Waals surface area contributed by atoms with Gasteiger partial charge in [0.25, 0.3) is 0 Å². The van der Waals surface area contributed by atoms with E-state index in [1.54, 1.807) is 13.1 Å². The summed E-state index contributed by atoms with van der Waals surface area (Å²) in [7, 11) is 1.74. The summed E-state index contributed by atoms with van der Waals surface area (Å²) in [5.41, 5.74) is -0.0800. The van der Waals surface area contributed by atoms with Crippen LogP contribution in [0, 0.1) is 0 Å². The molecular weight excluding hydrogens is 238 g/mol. The van der Waals surface area contributed by atoms with Crippen LogP contribution in [0.25, 0.3) is 0 Å². The third kappa shape index (κ3) is 1.99. The monoisotopic (exact) mass is 253 g/mol. The fraction of sp³-hybridized carbons (Fsp3) is 0.462. The van der Waals surface area contributed by atoms with Crippen LogP contribution < -0.4 is 5.32 Å². The Kier molecular flexibility index (Phi) is 3.52. The van der Waals surface area contributed by atoms with Crippen LogP contribution in [0.4, 0.5) is 0 Å². The lowest BCUT2D eigenvalue weighted by Gasteiger charge is -2.38. The predicted molar refractivity (Wildman–Crippen MR) is 67.1 cm³/mol. The number of aliphatic hydroxyl groups is 1. The van der Waals surface area contributed by atoms with Gasteiger partial charge in [0, 0.05) is 5.02 Å². The molecule has 0 bridgehead atoms. The lowest BCUT2D eigenvalue weighted by Crippen LogP contribution is -2.54. The highest BCUT2D eigenvalue weighted by Gasteiger charge is 2.45. The van der Waals surface area contributed by atoms with Gasteiger partial charge in [-0.1, -0.05) is 29.8 Å². The van der Waals surface area contributed by atoms with Crippen molar-refractivity contribution in [2.24, 2.45) is 0 Å². The number of ketones is 1. The summed E-state index contributed by atoms with van der Waals surface area (Å²) in [6.45, 7) is 0. The second-order valence-corrected chi connectivity index (χ2v) is 4.81. The van der Waals surface area contributed by atoms with Gasteiger partial charge >= 0.3 is 0 Å². The number of likely N-dealkylation sites (N-methyl/N-ethyl adjacent to an activating group) is 1. The minimum absolute atomic E-state index is 0.181. The molecule has 1 saturated carbocycles. The first-order valence-corrected chi connectivity index (χ1v) is 6.16. The SMILES string of the molecule is CN[C@@]1(c2ccccc2Cl)CCC[C@@H](O)C1=O. The summed E-state index contributed by atoms with van der Waals surface area (Å²) in [6, 6.07) is 7.30. The van der Waals surface area contributed by atoms with Gasteiger partial charge in [0.05, 0.1) is 0 Å². The van der Waals surface area contributed by atoms with E-state index in [-0.39, 0.29) is 5.78 Å². The van der Waals surface area contributed by atoms with E-state index >= 15 is 0 Å². The molecule has 0 radical (unpaired) electrons. The number of hydrogen-bond donors (Lipinski definition) is 2. The van der Waals surface area contributed by atoms with Crippen molar-refractivity contribution in [3.63, 3.8) is 0 Å². The molecule has 2 N–H and O–H groups in total. The Morgan fingerprint density at radius 3 is 2.82 bits per heavy atom. The average molecular weight is 254 g/mol. The smallest absolute Gasteiger partial charge is 0.185 e. The zero-order valence-corrected chi connectivity index (χ0v) is 10.5. The highest BCUT2D eigenvalue weighted by molar-refractivity contribution is 6.31. The van der Waals surface area contributed by atoms with Gasteiger partial charge in [-0.2, -0.15) is 0 Å². The summed E-state index contributed by atoms with van der Waals surface area (Å²) in [6.07, 6.45) is 1.11. The topological polar surface area (TPSA) is 49.3 Å². The molecule has 17 heavy (non-hydrogen) atoms. The van der Waals surface area contributed by atoms with Gasteiger partial charge in [0.15, 0.2) is 5.78 Å². The third-order valence-corrected chi connectivity index (χ3v) is 3.84. The Bertz CT molecular complexity index is 435. The zero-order valence-electron chi connectivity index (χ0n) is 9.74. The first-order chi connectivity index (χ1) is 8.12. The third-order valence-electron chi connectivity index (χ3n) is 3.51. The van der Waals surface area contributed by atoms with Crippen LogP contribution in [0.1, 0.15) is 24.8 Å². The maximum atomic E-state index is 12.3. The number of nitrogens with one attached hydrogen (secondary N) is 1. The Labute approximate surface area is 106 Å². The van der Waals surface area contributed by atoms with Crippen LogP contribution in [-0.2, 0) is 10.3 Å². The van der Waals surface area contributed by atoms with Gasteiger partial charge in [0.1, 0.15) is 11.6 Å². The Balaban J connectivity index is 2.50. The van der Waals surface area contributed by atoms with E-state index in [1.807, 2.05) is 18.2 Å². The van der Waals surface area contributed by atoms with E-state index in [4.69, 9.17) is 11.6 Å². The molecule has 1 fully saturated rings. The number of halogens is 1. The highest BCUT2D eigenvalue weighted by atomic mass is 35.5. The molecule has 4 heteroatoms. The maximum absolute atomic E-state index is 12.3. The Morgan fingerprint density at radius 2 is 2.18 bits per heavy atom. The number of hydrogen-bond acceptors (Lipinski definition) is 3. The second-order valence-electron chi connectivity index (χ2n) is 4.41. The number of Topliss-reactive ketones (excluding diaryl/α,β-unsaturated/α-hetero) is 1. The second kappa shape index (κ2) is 4.77. The van der Waals surface area contributed by atoms with Crippen LogP contribution in [0.5, 0.6) is 0 Å². The van der Waals surface area contributed by atoms with Gasteiger partial charge in [-0.3, -0.25) is 4.79 Å². The number of aliphatic hydroxyl groups excluding tert-OH is 1. The zero-order chi connectivity index (χ0) is 12.5. The molecule has 0 amide bonds. The molecule has 0 heterocycles. The van der Waals surface area contributed by atoms with Crippen LogP contribution in [0.15, 0.2) is 24.3 Å². The van der Waals surface area contributed by atoms with Crippen LogP contribution in [0.3, 0.4) is 0 Å². The average Bonchev–Trinajstić information content (AvgIpc) is 2.34. The van der Waals surface area contributed by atoms with Crippen molar-refractivity contribution in [2.75, 3.05) is 7.05 Å². The molecule has 0 spiro atoms. The molecule has 0 unspecified atom stereocenters. The van der Waals surface area contributed by atoms with Crippen molar-refractivity contribution in [3.05, 3.63) is 34.9 Å². The quantitative estimate of drug-likeness (QED) is 0.846. The van der Waals surface area contributed by atoms with Gasteiger partial charge < -0.3 is 10.4 Å². The number of benzene rings is 1. The van der Waals surface area contributed by atoms with E-state index in [1.165, 1.54) is 0 Å². The molecule has 1 aromatic rings. The number of carbonyl (C=O) groups excluding carboxylic acids is 1.